The molecule has 0 aromatic heterocycles. The first-order chi connectivity index (χ1) is 27.8. The van der Waals surface area contributed by atoms with Crippen LogP contribution in [0.15, 0.2) is 224 Å². The van der Waals surface area contributed by atoms with Crippen LogP contribution in [0.4, 0.5) is 17.1 Å². The molecular formula is C55H37N. The van der Waals surface area contributed by atoms with Crippen LogP contribution in [0.1, 0.15) is 22.3 Å². The van der Waals surface area contributed by atoms with Gasteiger partial charge in [-0.3, -0.25) is 0 Å². The van der Waals surface area contributed by atoms with Crippen molar-refractivity contribution in [3.8, 4) is 55.6 Å². The molecule has 1 nitrogen and oxygen atoms in total. The van der Waals surface area contributed by atoms with Gasteiger partial charge in [0.1, 0.15) is 0 Å². The largest absolute Gasteiger partial charge is 0.310 e. The van der Waals surface area contributed by atoms with Gasteiger partial charge in [-0.05, 0) is 103 Å². The van der Waals surface area contributed by atoms with Crippen molar-refractivity contribution >= 4 is 17.1 Å². The average Bonchev–Trinajstić information content (AvgIpc) is 3.75. The first kappa shape index (κ1) is 32.2. The lowest BCUT2D eigenvalue weighted by Gasteiger charge is -2.32. The predicted molar refractivity (Wildman–Crippen MR) is 234 cm³/mol. The van der Waals surface area contributed by atoms with Crippen LogP contribution in [0, 0.1) is 0 Å². The molecule has 11 rings (SSSR count). The summed E-state index contributed by atoms with van der Waals surface area (Å²) in [5, 5.41) is 0. The Morgan fingerprint density at radius 1 is 0.250 bits per heavy atom. The smallest absolute Gasteiger partial charge is 0.0731 e. The molecule has 2 aliphatic carbocycles. The monoisotopic (exact) mass is 711 g/mol. The van der Waals surface area contributed by atoms with E-state index in [1.165, 1.54) is 77.9 Å². The van der Waals surface area contributed by atoms with Gasteiger partial charge >= 0.3 is 0 Å². The Labute approximate surface area is 328 Å². The highest BCUT2D eigenvalue weighted by molar-refractivity contribution is 5.99. The van der Waals surface area contributed by atoms with Gasteiger partial charge in [-0.15, -0.1) is 0 Å². The molecule has 2 aliphatic rings. The minimum Gasteiger partial charge on any atom is -0.310 e. The number of rotatable bonds is 6. The van der Waals surface area contributed by atoms with Crippen LogP contribution in [0.3, 0.4) is 0 Å². The van der Waals surface area contributed by atoms with E-state index in [4.69, 9.17) is 0 Å². The lowest BCUT2D eigenvalue weighted by atomic mass is 9.68. The van der Waals surface area contributed by atoms with Gasteiger partial charge in [-0.1, -0.05) is 194 Å². The first-order valence-corrected chi connectivity index (χ1v) is 19.4. The number of benzene rings is 9. The third-order valence-corrected chi connectivity index (χ3v) is 11.9. The van der Waals surface area contributed by atoms with Gasteiger partial charge < -0.3 is 4.90 Å². The molecule has 1 heteroatoms. The Morgan fingerprint density at radius 2 is 0.625 bits per heavy atom. The van der Waals surface area contributed by atoms with Crippen LogP contribution < -0.4 is 4.90 Å². The quantitative estimate of drug-likeness (QED) is 0.166. The molecule has 0 amide bonds. The Kier molecular flexibility index (Phi) is 7.47. The van der Waals surface area contributed by atoms with Crippen LogP contribution in [0.2, 0.25) is 0 Å². The summed E-state index contributed by atoms with van der Waals surface area (Å²) in [5.41, 5.74) is 20.9. The Bertz CT molecular complexity index is 2820. The molecule has 0 aliphatic heterocycles. The number of anilines is 3. The summed E-state index contributed by atoms with van der Waals surface area (Å²) < 4.78 is 0. The molecular weight excluding hydrogens is 675 g/mol. The lowest BCUT2D eigenvalue weighted by molar-refractivity contribution is 0.796. The van der Waals surface area contributed by atoms with Gasteiger partial charge in [0, 0.05) is 16.9 Å². The first-order valence-electron chi connectivity index (χ1n) is 19.4. The summed E-state index contributed by atoms with van der Waals surface area (Å²) in [4.78, 5) is 2.40. The van der Waals surface area contributed by atoms with Gasteiger partial charge in [0.2, 0.25) is 0 Å². The van der Waals surface area contributed by atoms with Gasteiger partial charge in [0.05, 0.1) is 11.1 Å². The van der Waals surface area contributed by atoms with Crippen LogP contribution in [-0.2, 0) is 5.41 Å². The Balaban J connectivity index is 1.09. The molecule has 9 aromatic rings. The number of para-hydroxylation sites is 1. The van der Waals surface area contributed by atoms with Crippen molar-refractivity contribution in [1.82, 2.24) is 0 Å². The number of hydrogen-bond donors (Lipinski definition) is 0. The molecule has 1 spiro atoms. The number of hydrogen-bond acceptors (Lipinski definition) is 1. The van der Waals surface area contributed by atoms with Crippen molar-refractivity contribution in [3.63, 3.8) is 0 Å². The second-order valence-corrected chi connectivity index (χ2v) is 14.8. The van der Waals surface area contributed by atoms with Gasteiger partial charge in [0.15, 0.2) is 0 Å². The normalized spacial score (nSPS) is 12.8. The summed E-state index contributed by atoms with van der Waals surface area (Å²) in [7, 11) is 0. The van der Waals surface area contributed by atoms with Crippen LogP contribution in [0.25, 0.3) is 55.6 Å². The van der Waals surface area contributed by atoms with Gasteiger partial charge in [-0.25, -0.2) is 0 Å². The molecule has 0 radical (unpaired) electrons. The minimum atomic E-state index is -0.407. The van der Waals surface area contributed by atoms with E-state index in [2.05, 4.69) is 229 Å². The second-order valence-electron chi connectivity index (χ2n) is 14.8. The lowest BCUT2D eigenvalue weighted by Crippen LogP contribution is -2.26. The van der Waals surface area contributed by atoms with E-state index in [-0.39, 0.29) is 0 Å². The molecule has 0 saturated carbocycles. The highest BCUT2D eigenvalue weighted by Gasteiger charge is 2.52. The standard InChI is InChI=1S/C55H37N/c1-3-16-38(17-4-1)39-30-34-42(35-31-39)56(53-29-14-10-20-44(53)40-18-5-2-6-19-40)43-36-32-41(33-37-43)45-24-15-25-49-48-23-9-13-28-52(48)55(54(45)49)50-26-11-7-21-46(50)47-22-8-12-27-51(47)55/h1-37H. The fourth-order valence-electron chi connectivity index (χ4n) is 9.58. The second kappa shape index (κ2) is 13.0. The maximum Gasteiger partial charge on any atom is 0.0731 e. The van der Waals surface area contributed by atoms with Crippen molar-refractivity contribution in [2.45, 2.75) is 5.41 Å². The van der Waals surface area contributed by atoms with Crippen molar-refractivity contribution in [2.75, 3.05) is 4.90 Å². The topological polar surface area (TPSA) is 3.24 Å². The molecule has 0 N–H and O–H groups in total. The van der Waals surface area contributed by atoms with E-state index < -0.39 is 5.41 Å². The number of fused-ring (bicyclic) bond motifs is 10. The molecule has 0 bridgehead atoms. The van der Waals surface area contributed by atoms with Crippen LogP contribution in [-0.4, -0.2) is 0 Å². The summed E-state index contributed by atoms with van der Waals surface area (Å²) in [6.07, 6.45) is 0. The highest BCUT2D eigenvalue weighted by atomic mass is 15.1. The minimum absolute atomic E-state index is 0.407. The van der Waals surface area contributed by atoms with Crippen LogP contribution in [0.5, 0.6) is 0 Å². The van der Waals surface area contributed by atoms with Crippen molar-refractivity contribution in [3.05, 3.63) is 247 Å². The molecule has 0 unspecified atom stereocenters. The zero-order valence-corrected chi connectivity index (χ0v) is 30.8. The van der Waals surface area contributed by atoms with Gasteiger partial charge in [0.25, 0.3) is 0 Å². The maximum absolute atomic E-state index is 2.40. The van der Waals surface area contributed by atoms with E-state index in [1.54, 1.807) is 0 Å². The highest BCUT2D eigenvalue weighted by Crippen LogP contribution is 2.64. The molecule has 0 fully saturated rings. The molecule has 0 atom stereocenters. The molecule has 0 heterocycles. The third-order valence-electron chi connectivity index (χ3n) is 11.9. The van der Waals surface area contributed by atoms with Gasteiger partial charge in [-0.2, -0.15) is 0 Å². The van der Waals surface area contributed by atoms with Crippen molar-refractivity contribution < 1.29 is 0 Å². The Morgan fingerprint density at radius 3 is 1.20 bits per heavy atom. The maximum atomic E-state index is 2.40. The summed E-state index contributed by atoms with van der Waals surface area (Å²) in [5.74, 6) is 0. The predicted octanol–water partition coefficient (Wildman–Crippen LogP) is 14.5. The van der Waals surface area contributed by atoms with Crippen molar-refractivity contribution in [2.24, 2.45) is 0 Å². The zero-order valence-electron chi connectivity index (χ0n) is 30.8. The summed E-state index contributed by atoms with van der Waals surface area (Å²) in [6.45, 7) is 0. The van der Waals surface area contributed by atoms with E-state index in [9.17, 15) is 0 Å². The fourth-order valence-corrected chi connectivity index (χ4v) is 9.58. The summed E-state index contributed by atoms with van der Waals surface area (Å²) in [6, 6.07) is 82.3. The number of nitrogens with zero attached hydrogens (tertiary/aromatic N) is 1. The fraction of sp³-hybridized carbons (Fsp3) is 0.0182. The SMILES string of the molecule is c1ccc(-c2ccc(N(c3ccc(-c4cccc5c4C4(c6ccccc6-c6ccccc64)c4ccccc4-5)cc3)c3ccccc3-c3ccccc3)cc2)cc1. The summed E-state index contributed by atoms with van der Waals surface area (Å²) >= 11 is 0. The van der Waals surface area contributed by atoms with Crippen LogP contribution >= 0.6 is 0 Å². The van der Waals surface area contributed by atoms with E-state index >= 15 is 0 Å². The van der Waals surface area contributed by atoms with Crippen molar-refractivity contribution in [1.29, 1.82) is 0 Å². The third kappa shape index (κ3) is 4.81. The molecule has 262 valence electrons. The zero-order chi connectivity index (χ0) is 37.1. The van der Waals surface area contributed by atoms with E-state index in [0.717, 1.165) is 17.1 Å². The van der Waals surface area contributed by atoms with E-state index in [1.807, 2.05) is 0 Å². The molecule has 0 saturated heterocycles. The van der Waals surface area contributed by atoms with E-state index in [0.29, 0.717) is 0 Å². The molecule has 56 heavy (non-hydrogen) atoms. The molecule has 9 aromatic carbocycles. The average molecular weight is 712 g/mol. The Hall–Kier alpha value is -7.22.